The van der Waals surface area contributed by atoms with Crippen molar-refractivity contribution in [2.45, 2.75) is 6.92 Å². The minimum atomic E-state index is -0.554. The Morgan fingerprint density at radius 3 is 3.19 bits per heavy atom. The van der Waals surface area contributed by atoms with E-state index in [1.54, 1.807) is 13.0 Å². The van der Waals surface area contributed by atoms with Crippen LogP contribution in [0.4, 0.5) is 14.3 Å². The zero-order chi connectivity index (χ0) is 11.5. The number of ether oxygens (including phenoxy) is 1. The van der Waals surface area contributed by atoms with Gasteiger partial charge < -0.3 is 4.74 Å². The van der Waals surface area contributed by atoms with E-state index in [1.165, 1.54) is 23.5 Å². The maximum absolute atomic E-state index is 12.9. The average molecular weight is 240 g/mol. The van der Waals surface area contributed by atoms with Gasteiger partial charge in [0.1, 0.15) is 5.82 Å². The number of hydrogen-bond acceptors (Lipinski definition) is 4. The van der Waals surface area contributed by atoms with E-state index < -0.39 is 6.09 Å². The highest BCUT2D eigenvalue weighted by Gasteiger charge is 2.08. The van der Waals surface area contributed by atoms with Crippen LogP contribution in [0.15, 0.2) is 18.2 Å². The fourth-order valence-electron chi connectivity index (χ4n) is 1.21. The number of halogens is 1. The number of nitrogens with zero attached hydrogens (tertiary/aromatic N) is 1. The molecule has 0 unspecified atom stereocenters. The summed E-state index contributed by atoms with van der Waals surface area (Å²) in [5, 5.41) is 2.88. The molecule has 0 saturated heterocycles. The molecule has 1 aromatic carbocycles. The van der Waals surface area contributed by atoms with Crippen LogP contribution in [0.25, 0.3) is 10.2 Å². The number of thiazole rings is 1. The molecule has 0 radical (unpaired) electrons. The monoisotopic (exact) mass is 240 g/mol. The van der Waals surface area contributed by atoms with Gasteiger partial charge in [0, 0.05) is 0 Å². The molecule has 84 valence electrons. The van der Waals surface area contributed by atoms with Gasteiger partial charge in [0.05, 0.1) is 16.8 Å². The summed E-state index contributed by atoms with van der Waals surface area (Å²) in [6, 6.07) is 4.27. The van der Waals surface area contributed by atoms with Crippen molar-refractivity contribution in [3.8, 4) is 0 Å². The molecule has 1 aromatic heterocycles. The molecule has 0 saturated carbocycles. The topological polar surface area (TPSA) is 51.2 Å². The van der Waals surface area contributed by atoms with Gasteiger partial charge in [-0.05, 0) is 25.1 Å². The van der Waals surface area contributed by atoms with Crippen LogP contribution < -0.4 is 5.32 Å². The van der Waals surface area contributed by atoms with Crippen LogP contribution in [-0.4, -0.2) is 17.7 Å². The molecule has 2 aromatic rings. The van der Waals surface area contributed by atoms with Crippen molar-refractivity contribution in [3.05, 3.63) is 24.0 Å². The van der Waals surface area contributed by atoms with Crippen LogP contribution in [0, 0.1) is 5.82 Å². The Balaban J connectivity index is 2.23. The Hall–Kier alpha value is -1.69. The van der Waals surface area contributed by atoms with Gasteiger partial charge in [-0.1, -0.05) is 11.3 Å². The lowest BCUT2D eigenvalue weighted by atomic mass is 10.3. The number of benzene rings is 1. The number of hydrogen-bond donors (Lipinski definition) is 1. The lowest BCUT2D eigenvalue weighted by Gasteiger charge is -1.99. The first-order valence-corrected chi connectivity index (χ1v) is 5.50. The summed E-state index contributed by atoms with van der Waals surface area (Å²) in [6.07, 6.45) is -0.554. The van der Waals surface area contributed by atoms with Gasteiger partial charge in [-0.15, -0.1) is 0 Å². The average Bonchev–Trinajstić information content (AvgIpc) is 2.59. The number of carbonyl (C=O) groups excluding carboxylic acids is 1. The maximum atomic E-state index is 12.9. The second kappa shape index (κ2) is 4.44. The van der Waals surface area contributed by atoms with E-state index in [1.807, 2.05) is 0 Å². The van der Waals surface area contributed by atoms with E-state index in [-0.39, 0.29) is 5.82 Å². The smallest absolute Gasteiger partial charge is 0.413 e. The van der Waals surface area contributed by atoms with E-state index >= 15 is 0 Å². The van der Waals surface area contributed by atoms with Crippen molar-refractivity contribution in [2.24, 2.45) is 0 Å². The SMILES string of the molecule is CCOC(=O)Nc1nc2ccc(F)cc2s1. The summed E-state index contributed by atoms with van der Waals surface area (Å²) < 4.78 is 18.3. The van der Waals surface area contributed by atoms with Gasteiger partial charge in [-0.2, -0.15) is 0 Å². The Morgan fingerprint density at radius 2 is 2.44 bits per heavy atom. The summed E-state index contributed by atoms with van der Waals surface area (Å²) >= 11 is 1.20. The van der Waals surface area contributed by atoms with Gasteiger partial charge in [0.15, 0.2) is 5.13 Å². The molecule has 0 spiro atoms. The summed E-state index contributed by atoms with van der Waals surface area (Å²) in [7, 11) is 0. The highest BCUT2D eigenvalue weighted by Crippen LogP contribution is 2.26. The normalized spacial score (nSPS) is 10.4. The predicted octanol–water partition coefficient (Wildman–Crippen LogP) is 3.00. The lowest BCUT2D eigenvalue weighted by Crippen LogP contribution is -2.12. The molecule has 0 bridgehead atoms. The van der Waals surface area contributed by atoms with E-state index in [4.69, 9.17) is 4.74 Å². The molecule has 1 heterocycles. The summed E-state index contributed by atoms with van der Waals surface area (Å²) in [5.41, 5.74) is 0.651. The van der Waals surface area contributed by atoms with Crippen LogP contribution in [-0.2, 0) is 4.74 Å². The number of nitrogens with one attached hydrogen (secondary N) is 1. The predicted molar refractivity (Wildman–Crippen MR) is 60.2 cm³/mol. The fourth-order valence-corrected chi connectivity index (χ4v) is 2.08. The molecule has 0 atom stereocenters. The zero-order valence-electron chi connectivity index (χ0n) is 8.49. The molecular weight excluding hydrogens is 231 g/mol. The molecule has 0 fully saturated rings. The molecule has 0 aliphatic rings. The third kappa shape index (κ3) is 2.27. The number of amides is 1. The van der Waals surface area contributed by atoms with Crippen molar-refractivity contribution in [3.63, 3.8) is 0 Å². The molecule has 4 nitrogen and oxygen atoms in total. The molecule has 16 heavy (non-hydrogen) atoms. The highest BCUT2D eigenvalue weighted by molar-refractivity contribution is 7.22. The Labute approximate surface area is 95.1 Å². The fraction of sp³-hybridized carbons (Fsp3) is 0.200. The van der Waals surface area contributed by atoms with E-state index in [2.05, 4.69) is 10.3 Å². The minimum absolute atomic E-state index is 0.297. The number of anilines is 1. The van der Waals surface area contributed by atoms with Crippen LogP contribution in [0.1, 0.15) is 6.92 Å². The third-order valence-electron chi connectivity index (χ3n) is 1.83. The van der Waals surface area contributed by atoms with Gasteiger partial charge in [-0.25, -0.2) is 14.2 Å². The summed E-state index contributed by atoms with van der Waals surface area (Å²) in [4.78, 5) is 15.2. The number of rotatable bonds is 2. The van der Waals surface area contributed by atoms with Crippen molar-refractivity contribution in [1.29, 1.82) is 0 Å². The van der Waals surface area contributed by atoms with Gasteiger partial charge >= 0.3 is 6.09 Å². The largest absolute Gasteiger partial charge is 0.450 e. The van der Waals surface area contributed by atoms with E-state index in [0.29, 0.717) is 22.0 Å². The van der Waals surface area contributed by atoms with Crippen molar-refractivity contribution in [1.82, 2.24) is 4.98 Å². The minimum Gasteiger partial charge on any atom is -0.450 e. The molecule has 1 N–H and O–H groups in total. The van der Waals surface area contributed by atoms with E-state index in [0.717, 1.165) is 0 Å². The van der Waals surface area contributed by atoms with Crippen LogP contribution in [0.5, 0.6) is 0 Å². The van der Waals surface area contributed by atoms with E-state index in [9.17, 15) is 9.18 Å². The lowest BCUT2D eigenvalue weighted by molar-refractivity contribution is 0.168. The maximum Gasteiger partial charge on any atom is 0.413 e. The van der Waals surface area contributed by atoms with Crippen molar-refractivity contribution >= 4 is 32.8 Å². The first-order valence-electron chi connectivity index (χ1n) is 4.69. The van der Waals surface area contributed by atoms with Crippen molar-refractivity contribution < 1.29 is 13.9 Å². The van der Waals surface area contributed by atoms with Crippen LogP contribution in [0.3, 0.4) is 0 Å². The summed E-state index contributed by atoms with van der Waals surface area (Å²) in [6.45, 7) is 2.01. The molecular formula is C10H9FN2O2S. The standard InChI is InChI=1S/C10H9FN2O2S/c1-2-15-10(14)13-9-12-7-4-3-6(11)5-8(7)16-9/h3-5H,2H2,1H3,(H,12,13,14). The van der Waals surface area contributed by atoms with Gasteiger partial charge in [0.2, 0.25) is 0 Å². The van der Waals surface area contributed by atoms with Crippen molar-refractivity contribution in [2.75, 3.05) is 11.9 Å². The Kier molecular flexibility index (Phi) is 3.00. The molecule has 6 heteroatoms. The Morgan fingerprint density at radius 1 is 1.62 bits per heavy atom. The number of fused-ring (bicyclic) bond motifs is 1. The molecule has 1 amide bonds. The molecule has 2 rings (SSSR count). The first kappa shape index (κ1) is 10.8. The molecule has 0 aliphatic carbocycles. The molecule has 0 aliphatic heterocycles. The second-order valence-electron chi connectivity index (χ2n) is 2.98. The first-order chi connectivity index (χ1) is 7.69. The van der Waals surface area contributed by atoms with Crippen LogP contribution in [0.2, 0.25) is 0 Å². The highest BCUT2D eigenvalue weighted by atomic mass is 32.1. The Bertz CT molecular complexity index is 527. The summed E-state index contributed by atoms with van der Waals surface area (Å²) in [5.74, 6) is -0.321. The number of carbonyl (C=O) groups is 1. The number of aromatic nitrogens is 1. The zero-order valence-corrected chi connectivity index (χ0v) is 9.31. The van der Waals surface area contributed by atoms with Crippen LogP contribution >= 0.6 is 11.3 Å². The van der Waals surface area contributed by atoms with Gasteiger partial charge in [0.25, 0.3) is 0 Å². The second-order valence-corrected chi connectivity index (χ2v) is 4.01. The quantitative estimate of drug-likeness (QED) is 0.877. The third-order valence-corrected chi connectivity index (χ3v) is 2.77. The van der Waals surface area contributed by atoms with Gasteiger partial charge in [-0.3, -0.25) is 5.32 Å².